The van der Waals surface area contributed by atoms with Crippen molar-refractivity contribution in [3.63, 3.8) is 0 Å². The molecule has 0 unspecified atom stereocenters. The number of nitrogens with one attached hydrogen (secondary N) is 2. The number of carbonyl (C=O) groups is 3. The zero-order valence-corrected chi connectivity index (χ0v) is 14.4. The molecule has 0 saturated carbocycles. The quantitative estimate of drug-likeness (QED) is 0.717. The monoisotopic (exact) mass is 349 g/mol. The molecule has 0 aliphatic carbocycles. The first-order valence-electron chi connectivity index (χ1n) is 8.26. The molecule has 136 valence electrons. The largest absolute Gasteiger partial charge is 0.494 e. The fourth-order valence-electron chi connectivity index (χ4n) is 2.54. The van der Waals surface area contributed by atoms with Crippen LogP contribution in [0.1, 0.15) is 20.3 Å². The molecule has 1 saturated heterocycles. The highest BCUT2D eigenvalue weighted by molar-refractivity contribution is 5.96. The van der Waals surface area contributed by atoms with E-state index in [9.17, 15) is 14.4 Å². The Morgan fingerprint density at radius 1 is 1.20 bits per heavy atom. The molecule has 0 spiro atoms. The van der Waals surface area contributed by atoms with Crippen LogP contribution in [-0.2, 0) is 14.3 Å². The van der Waals surface area contributed by atoms with Gasteiger partial charge in [-0.15, -0.1) is 0 Å². The Labute approximate surface area is 146 Å². The van der Waals surface area contributed by atoms with Gasteiger partial charge in [-0.05, 0) is 38.1 Å². The Morgan fingerprint density at radius 3 is 2.56 bits per heavy atom. The number of benzene rings is 1. The number of nitrogens with zero attached hydrogens (tertiary/aromatic N) is 1. The first-order chi connectivity index (χ1) is 12.0. The van der Waals surface area contributed by atoms with Crippen LogP contribution < -0.4 is 20.3 Å². The fourth-order valence-corrected chi connectivity index (χ4v) is 2.54. The Bertz CT molecular complexity index is 617. The lowest BCUT2D eigenvalue weighted by Crippen LogP contribution is -2.45. The number of rotatable bonds is 7. The van der Waals surface area contributed by atoms with Crippen molar-refractivity contribution in [3.05, 3.63) is 24.3 Å². The fraction of sp³-hybridized carbons (Fsp3) is 0.471. The van der Waals surface area contributed by atoms with Crippen molar-refractivity contribution in [1.29, 1.82) is 0 Å². The van der Waals surface area contributed by atoms with Gasteiger partial charge in [-0.1, -0.05) is 0 Å². The van der Waals surface area contributed by atoms with Gasteiger partial charge in [0.05, 0.1) is 19.3 Å². The molecule has 2 rings (SSSR count). The standard InChI is InChI=1S/C17H23N3O5/c1-3-24-14-7-5-13(6-8-14)20-11-12(9-15(20)21)19-17(23)18-10-16(22)25-4-2/h5-8,12H,3-4,9-11H2,1-2H3,(H2,18,19,23)/t12-/m0/s1. The summed E-state index contributed by atoms with van der Waals surface area (Å²) in [6, 6.07) is 6.41. The summed E-state index contributed by atoms with van der Waals surface area (Å²) < 4.78 is 10.1. The topological polar surface area (TPSA) is 97.0 Å². The van der Waals surface area contributed by atoms with Gasteiger partial charge in [0.25, 0.3) is 0 Å². The number of esters is 1. The molecule has 0 radical (unpaired) electrons. The third-order valence-electron chi connectivity index (χ3n) is 3.62. The molecule has 0 bridgehead atoms. The van der Waals surface area contributed by atoms with Crippen molar-refractivity contribution >= 4 is 23.6 Å². The summed E-state index contributed by atoms with van der Waals surface area (Å²) in [5.41, 5.74) is 0.754. The second kappa shape index (κ2) is 8.91. The van der Waals surface area contributed by atoms with Crippen molar-refractivity contribution in [2.24, 2.45) is 0 Å². The van der Waals surface area contributed by atoms with Crippen LogP contribution in [0, 0.1) is 0 Å². The third-order valence-corrected chi connectivity index (χ3v) is 3.62. The lowest BCUT2D eigenvalue weighted by molar-refractivity contribution is -0.141. The van der Waals surface area contributed by atoms with E-state index in [1.807, 2.05) is 19.1 Å². The highest BCUT2D eigenvalue weighted by Crippen LogP contribution is 2.24. The van der Waals surface area contributed by atoms with E-state index in [2.05, 4.69) is 10.6 Å². The molecule has 2 N–H and O–H groups in total. The lowest BCUT2D eigenvalue weighted by atomic mass is 10.2. The normalized spacial score (nSPS) is 16.5. The van der Waals surface area contributed by atoms with Gasteiger partial charge in [0.1, 0.15) is 12.3 Å². The number of amides is 3. The minimum atomic E-state index is -0.504. The summed E-state index contributed by atoms with van der Waals surface area (Å²) in [4.78, 5) is 36.8. The molecular weight excluding hydrogens is 326 g/mol. The Hall–Kier alpha value is -2.77. The van der Waals surface area contributed by atoms with E-state index in [0.717, 1.165) is 11.4 Å². The predicted octanol–water partition coefficient (Wildman–Crippen LogP) is 1.05. The van der Waals surface area contributed by atoms with Crippen molar-refractivity contribution in [3.8, 4) is 5.75 Å². The number of hydrogen-bond donors (Lipinski definition) is 2. The van der Waals surface area contributed by atoms with Crippen LogP contribution in [-0.4, -0.2) is 50.3 Å². The van der Waals surface area contributed by atoms with E-state index < -0.39 is 12.0 Å². The Morgan fingerprint density at radius 2 is 1.92 bits per heavy atom. The summed E-state index contributed by atoms with van der Waals surface area (Å²) >= 11 is 0. The predicted molar refractivity (Wildman–Crippen MR) is 91.5 cm³/mol. The molecule has 25 heavy (non-hydrogen) atoms. The average Bonchev–Trinajstić information content (AvgIpc) is 2.94. The molecular formula is C17H23N3O5. The number of hydrogen-bond acceptors (Lipinski definition) is 5. The number of carbonyl (C=O) groups excluding carboxylic acids is 3. The number of anilines is 1. The van der Waals surface area contributed by atoms with Gasteiger partial charge in [0.15, 0.2) is 0 Å². The van der Waals surface area contributed by atoms with E-state index >= 15 is 0 Å². The highest BCUT2D eigenvalue weighted by atomic mass is 16.5. The van der Waals surface area contributed by atoms with Gasteiger partial charge in [-0.3, -0.25) is 9.59 Å². The maximum atomic E-state index is 12.2. The zero-order valence-electron chi connectivity index (χ0n) is 14.4. The second-order valence-electron chi connectivity index (χ2n) is 5.46. The van der Waals surface area contributed by atoms with Gasteiger partial charge in [-0.2, -0.15) is 0 Å². The molecule has 8 heteroatoms. The summed E-state index contributed by atoms with van der Waals surface area (Å²) in [7, 11) is 0. The molecule has 1 aliphatic heterocycles. The first-order valence-corrected chi connectivity index (χ1v) is 8.26. The van der Waals surface area contributed by atoms with Crippen molar-refractivity contribution in [1.82, 2.24) is 10.6 Å². The molecule has 0 aromatic heterocycles. The molecule has 1 heterocycles. The van der Waals surface area contributed by atoms with Crippen LogP contribution in [0.25, 0.3) is 0 Å². The molecule has 1 atom stereocenters. The Kier molecular flexibility index (Phi) is 6.62. The van der Waals surface area contributed by atoms with E-state index in [1.54, 1.807) is 24.0 Å². The molecule has 1 fully saturated rings. The van der Waals surface area contributed by atoms with Crippen LogP contribution in [0.2, 0.25) is 0 Å². The smallest absolute Gasteiger partial charge is 0.325 e. The van der Waals surface area contributed by atoms with E-state index in [4.69, 9.17) is 9.47 Å². The summed E-state index contributed by atoms with van der Waals surface area (Å²) in [6.07, 6.45) is 0.208. The second-order valence-corrected chi connectivity index (χ2v) is 5.46. The molecule has 3 amide bonds. The molecule has 1 aromatic carbocycles. The first kappa shape index (κ1) is 18.6. The maximum absolute atomic E-state index is 12.2. The van der Waals surface area contributed by atoms with Crippen LogP contribution in [0.5, 0.6) is 5.75 Å². The summed E-state index contributed by atoms with van der Waals surface area (Å²) in [5.74, 6) is 0.168. The lowest BCUT2D eigenvalue weighted by Gasteiger charge is -2.18. The van der Waals surface area contributed by atoms with E-state index in [1.165, 1.54) is 0 Å². The van der Waals surface area contributed by atoms with Crippen molar-refractivity contribution in [2.45, 2.75) is 26.3 Å². The zero-order chi connectivity index (χ0) is 18.2. The summed E-state index contributed by atoms with van der Waals surface area (Å²) in [6.45, 7) is 4.60. The van der Waals surface area contributed by atoms with Gasteiger partial charge in [0.2, 0.25) is 5.91 Å². The molecule has 1 aliphatic rings. The van der Waals surface area contributed by atoms with E-state index in [-0.39, 0.29) is 31.5 Å². The van der Waals surface area contributed by atoms with Crippen LogP contribution in [0.15, 0.2) is 24.3 Å². The highest BCUT2D eigenvalue weighted by Gasteiger charge is 2.31. The van der Waals surface area contributed by atoms with Gasteiger partial charge < -0.3 is 25.0 Å². The Balaban J connectivity index is 1.85. The maximum Gasteiger partial charge on any atom is 0.325 e. The van der Waals surface area contributed by atoms with Crippen molar-refractivity contribution in [2.75, 3.05) is 31.2 Å². The van der Waals surface area contributed by atoms with Gasteiger partial charge in [-0.25, -0.2) is 4.79 Å². The van der Waals surface area contributed by atoms with Crippen LogP contribution >= 0.6 is 0 Å². The minimum absolute atomic E-state index is 0.0696. The SMILES string of the molecule is CCOC(=O)CNC(=O)N[C@H]1CC(=O)N(c2ccc(OCC)cc2)C1. The van der Waals surface area contributed by atoms with Crippen LogP contribution in [0.3, 0.4) is 0 Å². The summed E-state index contributed by atoms with van der Waals surface area (Å²) in [5, 5.41) is 5.11. The van der Waals surface area contributed by atoms with Gasteiger partial charge >= 0.3 is 12.0 Å². The molecule has 8 nitrogen and oxygen atoms in total. The van der Waals surface area contributed by atoms with E-state index in [0.29, 0.717) is 13.2 Å². The average molecular weight is 349 g/mol. The van der Waals surface area contributed by atoms with Crippen LogP contribution in [0.4, 0.5) is 10.5 Å². The third kappa shape index (κ3) is 5.37. The van der Waals surface area contributed by atoms with Crippen molar-refractivity contribution < 1.29 is 23.9 Å². The number of urea groups is 1. The van der Waals surface area contributed by atoms with Gasteiger partial charge in [0, 0.05) is 18.7 Å². The minimum Gasteiger partial charge on any atom is -0.494 e. The number of ether oxygens (including phenoxy) is 2. The molecule has 1 aromatic rings.